The second kappa shape index (κ2) is 8.79. The highest BCUT2D eigenvalue weighted by atomic mass is 16.7. The number of aromatic nitrogens is 7. The zero-order valence-corrected chi connectivity index (χ0v) is 15.3. The van der Waals surface area contributed by atoms with Crippen LogP contribution in [0.25, 0.3) is 11.2 Å². The standard InChI is InChI=1S/C16H18N8O4/c1-3-9-17-15-11(2)19-21-23(15)27-13(25)7-4-8-14(26)28-24-16-12(20-22-24)6-5-10-18-16/h5-6,9-10H,3-4,7-8H2,1-2H3/b17-9-. The van der Waals surface area contributed by atoms with Gasteiger partial charge in [-0.25, -0.2) is 19.6 Å². The summed E-state index contributed by atoms with van der Waals surface area (Å²) in [6.45, 7) is 3.63. The molecule has 0 atom stereocenters. The summed E-state index contributed by atoms with van der Waals surface area (Å²) in [5.74, 6) is -0.797. The first-order valence-corrected chi connectivity index (χ1v) is 8.62. The Morgan fingerprint density at radius 1 is 1.14 bits per heavy atom. The Morgan fingerprint density at radius 3 is 2.61 bits per heavy atom. The highest BCUT2D eigenvalue weighted by Gasteiger charge is 2.15. The van der Waals surface area contributed by atoms with Crippen molar-refractivity contribution in [3.63, 3.8) is 0 Å². The molecular weight excluding hydrogens is 368 g/mol. The fraction of sp³-hybridized carbons (Fsp3) is 0.375. The van der Waals surface area contributed by atoms with Crippen molar-refractivity contribution in [1.82, 2.24) is 35.3 Å². The van der Waals surface area contributed by atoms with Crippen molar-refractivity contribution in [3.8, 4) is 0 Å². The molecule has 0 amide bonds. The van der Waals surface area contributed by atoms with Gasteiger partial charge in [-0.15, -0.1) is 10.2 Å². The summed E-state index contributed by atoms with van der Waals surface area (Å²) in [6.07, 6.45) is 4.11. The number of fused-ring (bicyclic) bond motifs is 1. The monoisotopic (exact) mass is 386 g/mol. The van der Waals surface area contributed by atoms with E-state index in [9.17, 15) is 9.59 Å². The third-order valence-electron chi connectivity index (χ3n) is 3.50. The number of rotatable bonds is 8. The van der Waals surface area contributed by atoms with Gasteiger partial charge >= 0.3 is 11.9 Å². The van der Waals surface area contributed by atoms with Gasteiger partial charge in [-0.05, 0) is 52.0 Å². The smallest absolute Gasteiger partial charge is 0.316 e. The van der Waals surface area contributed by atoms with E-state index in [1.54, 1.807) is 25.3 Å². The molecule has 0 aliphatic carbocycles. The molecule has 12 heteroatoms. The molecule has 0 radical (unpaired) electrons. The van der Waals surface area contributed by atoms with Gasteiger partial charge in [0.2, 0.25) is 11.5 Å². The molecule has 3 aromatic rings. The number of hydrogen-bond acceptors (Lipinski definition) is 10. The fourth-order valence-corrected chi connectivity index (χ4v) is 2.18. The maximum atomic E-state index is 12.0. The third kappa shape index (κ3) is 4.52. The van der Waals surface area contributed by atoms with Crippen LogP contribution in [-0.4, -0.2) is 53.5 Å². The number of carbonyl (C=O) groups is 2. The van der Waals surface area contributed by atoms with Crippen LogP contribution in [-0.2, 0) is 9.59 Å². The van der Waals surface area contributed by atoms with E-state index in [1.165, 1.54) is 6.20 Å². The van der Waals surface area contributed by atoms with Crippen molar-refractivity contribution < 1.29 is 19.3 Å². The van der Waals surface area contributed by atoms with E-state index in [2.05, 4.69) is 30.6 Å². The van der Waals surface area contributed by atoms with Gasteiger partial charge in [-0.2, -0.15) is 0 Å². The SMILES string of the molecule is CC/C=N\c1c(C)nnn1OC(=O)CCCC(=O)On1nnc2cccnc21. The topological polar surface area (TPSA) is 139 Å². The Kier molecular flexibility index (Phi) is 5.99. The summed E-state index contributed by atoms with van der Waals surface area (Å²) in [5, 5.41) is 15.1. The van der Waals surface area contributed by atoms with E-state index in [1.807, 2.05) is 6.92 Å². The number of aryl methyl sites for hydroxylation is 1. The average Bonchev–Trinajstić information content (AvgIpc) is 3.24. The first-order valence-electron chi connectivity index (χ1n) is 8.62. The summed E-state index contributed by atoms with van der Waals surface area (Å²) in [7, 11) is 0. The minimum absolute atomic E-state index is 0.0126. The lowest BCUT2D eigenvalue weighted by Gasteiger charge is -2.04. The molecule has 12 nitrogen and oxygen atoms in total. The lowest BCUT2D eigenvalue weighted by atomic mass is 10.2. The zero-order chi connectivity index (χ0) is 19.9. The zero-order valence-electron chi connectivity index (χ0n) is 15.3. The number of carbonyl (C=O) groups excluding carboxylic acids is 2. The van der Waals surface area contributed by atoms with Crippen molar-refractivity contribution in [2.75, 3.05) is 0 Å². The maximum Gasteiger partial charge on any atom is 0.335 e. The molecule has 0 unspecified atom stereocenters. The minimum Gasteiger partial charge on any atom is -0.316 e. The van der Waals surface area contributed by atoms with Gasteiger partial charge in [-0.3, -0.25) is 0 Å². The van der Waals surface area contributed by atoms with Crippen molar-refractivity contribution >= 4 is 35.1 Å². The summed E-state index contributed by atoms with van der Waals surface area (Å²) in [5.41, 5.74) is 1.37. The molecule has 0 saturated heterocycles. The number of aliphatic imine (C=N–C) groups is 1. The van der Waals surface area contributed by atoms with Gasteiger partial charge in [-0.1, -0.05) is 6.92 Å². The second-order valence-corrected chi connectivity index (χ2v) is 5.68. The van der Waals surface area contributed by atoms with Crippen LogP contribution in [0.2, 0.25) is 0 Å². The van der Waals surface area contributed by atoms with Crippen molar-refractivity contribution in [3.05, 3.63) is 24.0 Å². The Bertz CT molecular complexity index is 1010. The van der Waals surface area contributed by atoms with Crippen molar-refractivity contribution in [2.45, 2.75) is 39.5 Å². The Balaban J connectivity index is 1.48. The third-order valence-corrected chi connectivity index (χ3v) is 3.50. The maximum absolute atomic E-state index is 12.0. The number of pyridine rings is 1. The van der Waals surface area contributed by atoms with Gasteiger partial charge in [0, 0.05) is 25.3 Å². The minimum atomic E-state index is -0.574. The molecule has 146 valence electrons. The molecule has 3 aromatic heterocycles. The van der Waals surface area contributed by atoms with Crippen LogP contribution in [0.3, 0.4) is 0 Å². The average molecular weight is 386 g/mol. The summed E-state index contributed by atoms with van der Waals surface area (Å²) in [6, 6.07) is 3.39. The van der Waals surface area contributed by atoms with Crippen molar-refractivity contribution in [1.29, 1.82) is 0 Å². The van der Waals surface area contributed by atoms with Gasteiger partial charge in [0.1, 0.15) is 11.2 Å². The van der Waals surface area contributed by atoms with Crippen molar-refractivity contribution in [2.24, 2.45) is 4.99 Å². The molecule has 0 saturated carbocycles. The Hall–Kier alpha value is -3.70. The van der Waals surface area contributed by atoms with E-state index in [0.29, 0.717) is 22.7 Å². The number of hydrogen-bond donors (Lipinski definition) is 0. The van der Waals surface area contributed by atoms with Crippen LogP contribution >= 0.6 is 0 Å². The van der Waals surface area contributed by atoms with Crippen LogP contribution < -0.4 is 9.68 Å². The second-order valence-electron chi connectivity index (χ2n) is 5.68. The molecule has 0 aliphatic heterocycles. The van der Waals surface area contributed by atoms with E-state index in [-0.39, 0.29) is 19.3 Å². The van der Waals surface area contributed by atoms with E-state index < -0.39 is 11.9 Å². The van der Waals surface area contributed by atoms with E-state index in [0.717, 1.165) is 16.1 Å². The number of nitrogens with zero attached hydrogens (tertiary/aromatic N) is 8. The molecular formula is C16H18N8O4. The van der Waals surface area contributed by atoms with Gasteiger partial charge in [0.05, 0.1) is 0 Å². The first-order chi connectivity index (χ1) is 13.6. The Labute approximate surface area is 159 Å². The highest BCUT2D eigenvalue weighted by molar-refractivity contribution is 5.74. The van der Waals surface area contributed by atoms with Crippen LogP contribution in [0.4, 0.5) is 5.82 Å². The largest absolute Gasteiger partial charge is 0.335 e. The molecule has 28 heavy (non-hydrogen) atoms. The molecule has 3 heterocycles. The predicted octanol–water partition coefficient (Wildman–Crippen LogP) is 0.619. The Morgan fingerprint density at radius 2 is 1.86 bits per heavy atom. The molecule has 0 fully saturated rings. The van der Waals surface area contributed by atoms with Gasteiger partial charge in [0.15, 0.2) is 0 Å². The lowest BCUT2D eigenvalue weighted by molar-refractivity contribution is -0.147. The predicted molar refractivity (Wildman–Crippen MR) is 95.6 cm³/mol. The molecule has 0 N–H and O–H groups in total. The van der Waals surface area contributed by atoms with Crippen LogP contribution in [0.1, 0.15) is 38.3 Å². The summed E-state index contributed by atoms with van der Waals surface area (Å²) < 4.78 is 0. The molecule has 0 aromatic carbocycles. The summed E-state index contributed by atoms with van der Waals surface area (Å²) >= 11 is 0. The molecule has 0 spiro atoms. The van der Waals surface area contributed by atoms with Crippen LogP contribution in [0.5, 0.6) is 0 Å². The normalized spacial score (nSPS) is 11.2. The summed E-state index contributed by atoms with van der Waals surface area (Å²) in [4.78, 5) is 44.2. The lowest BCUT2D eigenvalue weighted by Crippen LogP contribution is -2.23. The van der Waals surface area contributed by atoms with Gasteiger partial charge in [0.25, 0.3) is 0 Å². The molecule has 0 bridgehead atoms. The van der Waals surface area contributed by atoms with Crippen LogP contribution in [0.15, 0.2) is 23.3 Å². The van der Waals surface area contributed by atoms with Gasteiger partial charge < -0.3 is 9.68 Å². The fourth-order valence-electron chi connectivity index (χ4n) is 2.18. The molecule has 0 aliphatic rings. The highest BCUT2D eigenvalue weighted by Crippen LogP contribution is 2.13. The van der Waals surface area contributed by atoms with E-state index >= 15 is 0 Å². The first kappa shape index (κ1) is 19.1. The quantitative estimate of drug-likeness (QED) is 0.402. The molecule has 3 rings (SSSR count). The van der Waals surface area contributed by atoms with Crippen LogP contribution in [0, 0.1) is 6.92 Å². The van der Waals surface area contributed by atoms with E-state index in [4.69, 9.17) is 9.68 Å².